The van der Waals surface area contributed by atoms with Crippen molar-refractivity contribution in [3.8, 4) is 5.75 Å². The average Bonchev–Trinajstić information content (AvgIpc) is 2.60. The molecule has 0 aliphatic carbocycles. The molecule has 0 spiro atoms. The molecular formula is C21H22N2O. The standard InChI is InChI=1S/C21H22N2O/c1-4-24-18-11-13-19-17(15-18)10-12-20(22-19)21(23(2)3)14-16-8-6-5-7-9-16/h5-15H,4H2,1-3H3. The van der Waals surface area contributed by atoms with Crippen molar-refractivity contribution in [2.75, 3.05) is 20.7 Å². The van der Waals surface area contributed by atoms with E-state index >= 15 is 0 Å². The Balaban J connectivity index is 2.02. The lowest BCUT2D eigenvalue weighted by atomic mass is 10.1. The van der Waals surface area contributed by atoms with Gasteiger partial charge in [-0.05, 0) is 42.8 Å². The molecule has 0 aliphatic rings. The van der Waals surface area contributed by atoms with Crippen molar-refractivity contribution in [3.05, 3.63) is 71.9 Å². The van der Waals surface area contributed by atoms with Gasteiger partial charge in [0.05, 0.1) is 23.5 Å². The van der Waals surface area contributed by atoms with Crippen molar-refractivity contribution in [1.29, 1.82) is 0 Å². The number of benzene rings is 2. The second-order valence-electron chi connectivity index (χ2n) is 5.82. The zero-order chi connectivity index (χ0) is 16.9. The largest absolute Gasteiger partial charge is 0.494 e. The zero-order valence-electron chi connectivity index (χ0n) is 14.4. The van der Waals surface area contributed by atoms with Gasteiger partial charge in [0, 0.05) is 19.5 Å². The van der Waals surface area contributed by atoms with Gasteiger partial charge in [-0.15, -0.1) is 0 Å². The molecule has 0 bridgehead atoms. The van der Waals surface area contributed by atoms with E-state index in [0.29, 0.717) is 6.61 Å². The van der Waals surface area contributed by atoms with E-state index in [1.165, 1.54) is 0 Å². The van der Waals surface area contributed by atoms with Gasteiger partial charge >= 0.3 is 0 Å². The fourth-order valence-corrected chi connectivity index (χ4v) is 2.64. The molecule has 0 amide bonds. The summed E-state index contributed by atoms with van der Waals surface area (Å²) >= 11 is 0. The third-order valence-corrected chi connectivity index (χ3v) is 3.82. The summed E-state index contributed by atoms with van der Waals surface area (Å²) in [4.78, 5) is 6.92. The van der Waals surface area contributed by atoms with Crippen LogP contribution in [0.2, 0.25) is 0 Å². The molecule has 0 radical (unpaired) electrons. The fourth-order valence-electron chi connectivity index (χ4n) is 2.64. The van der Waals surface area contributed by atoms with E-state index in [-0.39, 0.29) is 0 Å². The van der Waals surface area contributed by atoms with Crippen molar-refractivity contribution in [1.82, 2.24) is 9.88 Å². The molecule has 1 aromatic heterocycles. The number of rotatable bonds is 5. The molecule has 0 aliphatic heterocycles. The number of nitrogens with zero attached hydrogens (tertiary/aromatic N) is 2. The van der Waals surface area contributed by atoms with E-state index < -0.39 is 0 Å². The molecule has 24 heavy (non-hydrogen) atoms. The molecule has 122 valence electrons. The third kappa shape index (κ3) is 3.57. The van der Waals surface area contributed by atoms with Gasteiger partial charge < -0.3 is 9.64 Å². The monoisotopic (exact) mass is 318 g/mol. The normalized spacial score (nSPS) is 11.5. The first-order valence-electron chi connectivity index (χ1n) is 8.15. The van der Waals surface area contributed by atoms with Crippen molar-refractivity contribution >= 4 is 22.7 Å². The first kappa shape index (κ1) is 16.1. The van der Waals surface area contributed by atoms with Gasteiger partial charge in [-0.25, -0.2) is 4.98 Å². The highest BCUT2D eigenvalue weighted by Crippen LogP contribution is 2.24. The molecule has 1 heterocycles. The SMILES string of the molecule is CCOc1ccc2nc(C(=Cc3ccccc3)N(C)C)ccc2c1. The van der Waals surface area contributed by atoms with Crippen LogP contribution in [0.3, 0.4) is 0 Å². The van der Waals surface area contributed by atoms with Gasteiger partial charge in [0.1, 0.15) is 5.75 Å². The van der Waals surface area contributed by atoms with E-state index in [0.717, 1.165) is 33.6 Å². The van der Waals surface area contributed by atoms with Gasteiger partial charge in [0.25, 0.3) is 0 Å². The molecular weight excluding hydrogens is 296 g/mol. The fraction of sp³-hybridized carbons (Fsp3) is 0.190. The summed E-state index contributed by atoms with van der Waals surface area (Å²) in [6, 6.07) is 20.5. The summed E-state index contributed by atoms with van der Waals surface area (Å²) in [7, 11) is 4.08. The van der Waals surface area contributed by atoms with Crippen LogP contribution >= 0.6 is 0 Å². The van der Waals surface area contributed by atoms with E-state index in [2.05, 4.69) is 35.2 Å². The average molecular weight is 318 g/mol. The number of ether oxygens (including phenoxy) is 1. The van der Waals surface area contributed by atoms with Crippen molar-refractivity contribution < 1.29 is 4.74 Å². The van der Waals surface area contributed by atoms with Gasteiger partial charge in [-0.1, -0.05) is 36.4 Å². The quantitative estimate of drug-likeness (QED) is 0.682. The Hall–Kier alpha value is -2.81. The van der Waals surface area contributed by atoms with Crippen LogP contribution in [0.25, 0.3) is 22.7 Å². The molecule has 0 N–H and O–H groups in total. The van der Waals surface area contributed by atoms with Crippen LogP contribution in [0.4, 0.5) is 0 Å². The molecule has 0 unspecified atom stereocenters. The number of fused-ring (bicyclic) bond motifs is 1. The second kappa shape index (κ2) is 7.18. The molecule has 0 atom stereocenters. The van der Waals surface area contributed by atoms with Crippen molar-refractivity contribution in [3.63, 3.8) is 0 Å². The summed E-state index contributed by atoms with van der Waals surface area (Å²) in [5, 5.41) is 1.09. The van der Waals surface area contributed by atoms with Crippen molar-refractivity contribution in [2.24, 2.45) is 0 Å². The highest BCUT2D eigenvalue weighted by atomic mass is 16.5. The van der Waals surface area contributed by atoms with Crippen LogP contribution in [0.5, 0.6) is 5.75 Å². The highest BCUT2D eigenvalue weighted by molar-refractivity contribution is 5.85. The van der Waals surface area contributed by atoms with E-state index in [1.807, 2.05) is 57.4 Å². The first-order chi connectivity index (χ1) is 11.7. The van der Waals surface area contributed by atoms with Crippen LogP contribution in [0.1, 0.15) is 18.2 Å². The summed E-state index contributed by atoms with van der Waals surface area (Å²) in [5.41, 5.74) is 4.17. The summed E-state index contributed by atoms with van der Waals surface area (Å²) < 4.78 is 5.56. The van der Waals surface area contributed by atoms with E-state index in [9.17, 15) is 0 Å². The molecule has 2 aromatic carbocycles. The maximum Gasteiger partial charge on any atom is 0.120 e. The van der Waals surface area contributed by atoms with E-state index in [1.54, 1.807) is 0 Å². The number of pyridine rings is 1. The molecule has 3 heteroatoms. The highest BCUT2D eigenvalue weighted by Gasteiger charge is 2.08. The molecule has 0 fully saturated rings. The zero-order valence-corrected chi connectivity index (χ0v) is 14.4. The van der Waals surface area contributed by atoms with Crippen LogP contribution in [0, 0.1) is 0 Å². The first-order valence-corrected chi connectivity index (χ1v) is 8.15. The molecule has 0 saturated carbocycles. The minimum Gasteiger partial charge on any atom is -0.494 e. The Morgan fingerprint density at radius 2 is 1.83 bits per heavy atom. The number of hydrogen-bond donors (Lipinski definition) is 0. The van der Waals surface area contributed by atoms with Gasteiger partial charge in [0.15, 0.2) is 0 Å². The van der Waals surface area contributed by atoms with Crippen LogP contribution in [-0.4, -0.2) is 30.6 Å². The Morgan fingerprint density at radius 3 is 2.54 bits per heavy atom. The number of aromatic nitrogens is 1. The van der Waals surface area contributed by atoms with Crippen LogP contribution in [-0.2, 0) is 0 Å². The lowest BCUT2D eigenvalue weighted by Crippen LogP contribution is -2.11. The van der Waals surface area contributed by atoms with Gasteiger partial charge in [-0.3, -0.25) is 0 Å². The maximum absolute atomic E-state index is 5.56. The summed E-state index contributed by atoms with van der Waals surface area (Å²) in [5.74, 6) is 0.882. The topological polar surface area (TPSA) is 25.4 Å². The lowest BCUT2D eigenvalue weighted by molar-refractivity contribution is 0.340. The van der Waals surface area contributed by atoms with Crippen LogP contribution < -0.4 is 4.74 Å². The predicted octanol–water partition coefficient (Wildman–Crippen LogP) is 4.69. The molecule has 0 saturated heterocycles. The van der Waals surface area contributed by atoms with Crippen LogP contribution in [0.15, 0.2) is 60.7 Å². The van der Waals surface area contributed by atoms with Gasteiger partial charge in [-0.2, -0.15) is 0 Å². The molecule has 3 rings (SSSR count). The smallest absolute Gasteiger partial charge is 0.120 e. The second-order valence-corrected chi connectivity index (χ2v) is 5.82. The maximum atomic E-state index is 5.56. The molecule has 3 nitrogen and oxygen atoms in total. The Kier molecular flexibility index (Phi) is 4.80. The minimum absolute atomic E-state index is 0.668. The Labute approximate surface area is 143 Å². The summed E-state index contributed by atoms with van der Waals surface area (Å²) in [6.45, 7) is 2.66. The predicted molar refractivity (Wildman–Crippen MR) is 101 cm³/mol. The molecule has 3 aromatic rings. The number of hydrogen-bond acceptors (Lipinski definition) is 3. The minimum atomic E-state index is 0.668. The van der Waals surface area contributed by atoms with Crippen molar-refractivity contribution in [2.45, 2.75) is 6.92 Å². The summed E-state index contributed by atoms with van der Waals surface area (Å²) in [6.07, 6.45) is 2.16. The third-order valence-electron chi connectivity index (χ3n) is 3.82. The Bertz CT molecular complexity index is 854. The lowest BCUT2D eigenvalue weighted by Gasteiger charge is -2.17. The van der Waals surface area contributed by atoms with Gasteiger partial charge in [0.2, 0.25) is 0 Å². The van der Waals surface area contributed by atoms with E-state index in [4.69, 9.17) is 9.72 Å². The Morgan fingerprint density at radius 1 is 1.04 bits per heavy atom.